The zero-order chi connectivity index (χ0) is 10.7. The monoisotopic (exact) mass is 193 g/mol. The summed E-state index contributed by atoms with van der Waals surface area (Å²) in [5.41, 5.74) is 8.45. The average molecular weight is 193 g/mol. The molecule has 0 amide bonds. The van der Waals surface area contributed by atoms with E-state index in [2.05, 4.69) is 13.5 Å². The van der Waals surface area contributed by atoms with E-state index in [1.807, 2.05) is 19.9 Å². The lowest BCUT2D eigenvalue weighted by atomic mass is 9.99. The molecule has 0 fully saturated rings. The van der Waals surface area contributed by atoms with E-state index in [0.717, 1.165) is 24.4 Å². The molecule has 0 spiro atoms. The van der Waals surface area contributed by atoms with Crippen molar-refractivity contribution < 1.29 is 4.42 Å². The summed E-state index contributed by atoms with van der Waals surface area (Å²) in [6.45, 7) is 9.72. The zero-order valence-corrected chi connectivity index (χ0v) is 9.26. The van der Waals surface area contributed by atoms with Crippen molar-refractivity contribution >= 4 is 0 Å². The molecule has 0 saturated carbocycles. The molecule has 0 aliphatic carbocycles. The fourth-order valence-electron chi connectivity index (χ4n) is 1.80. The Labute approximate surface area is 85.8 Å². The van der Waals surface area contributed by atoms with Gasteiger partial charge in [0.1, 0.15) is 11.5 Å². The van der Waals surface area contributed by atoms with E-state index in [9.17, 15) is 0 Å². The van der Waals surface area contributed by atoms with Crippen LogP contribution in [0.5, 0.6) is 0 Å². The van der Waals surface area contributed by atoms with E-state index < -0.39 is 0 Å². The Kier molecular flexibility index (Phi) is 3.53. The standard InChI is InChI=1S/C12H19NO/c1-5-6-7-11(13)12-8(2)9(3)14-10(12)4/h5,11H,1,6-7,13H2,2-4H3. The van der Waals surface area contributed by atoms with Gasteiger partial charge in [-0.05, 0) is 39.2 Å². The molecule has 2 heteroatoms. The fraction of sp³-hybridized carbons (Fsp3) is 0.500. The maximum atomic E-state index is 6.09. The van der Waals surface area contributed by atoms with Gasteiger partial charge in [0.25, 0.3) is 0 Å². The number of aryl methyl sites for hydroxylation is 2. The third-order valence-corrected chi connectivity index (χ3v) is 2.67. The summed E-state index contributed by atoms with van der Waals surface area (Å²) in [6.07, 6.45) is 3.78. The second-order valence-corrected chi connectivity index (χ2v) is 3.73. The number of hydrogen-bond donors (Lipinski definition) is 1. The molecule has 0 aliphatic heterocycles. The minimum absolute atomic E-state index is 0.0745. The van der Waals surface area contributed by atoms with Gasteiger partial charge in [0.15, 0.2) is 0 Å². The predicted molar refractivity (Wildman–Crippen MR) is 59.3 cm³/mol. The Balaban J connectivity index is 2.88. The summed E-state index contributed by atoms with van der Waals surface area (Å²) >= 11 is 0. The van der Waals surface area contributed by atoms with Crippen LogP contribution in [0, 0.1) is 20.8 Å². The van der Waals surface area contributed by atoms with E-state index >= 15 is 0 Å². The largest absolute Gasteiger partial charge is 0.466 e. The van der Waals surface area contributed by atoms with E-state index in [4.69, 9.17) is 10.2 Å². The first-order valence-electron chi connectivity index (χ1n) is 5.01. The molecule has 0 aromatic carbocycles. The van der Waals surface area contributed by atoms with Crippen molar-refractivity contribution in [2.75, 3.05) is 0 Å². The molecule has 14 heavy (non-hydrogen) atoms. The lowest BCUT2D eigenvalue weighted by Crippen LogP contribution is -2.11. The Bertz CT molecular complexity index is 325. The number of hydrogen-bond acceptors (Lipinski definition) is 2. The predicted octanol–water partition coefficient (Wildman–Crippen LogP) is 3.17. The molecule has 2 nitrogen and oxygen atoms in total. The molecule has 1 aromatic rings. The fourth-order valence-corrected chi connectivity index (χ4v) is 1.80. The summed E-state index contributed by atoms with van der Waals surface area (Å²) < 4.78 is 5.54. The summed E-state index contributed by atoms with van der Waals surface area (Å²) in [7, 11) is 0. The van der Waals surface area contributed by atoms with Crippen molar-refractivity contribution in [2.45, 2.75) is 39.7 Å². The van der Waals surface area contributed by atoms with Crippen LogP contribution < -0.4 is 5.73 Å². The molecule has 1 unspecified atom stereocenters. The molecule has 0 bridgehead atoms. The minimum Gasteiger partial charge on any atom is -0.466 e. The quantitative estimate of drug-likeness (QED) is 0.746. The van der Waals surface area contributed by atoms with Gasteiger partial charge in [-0.15, -0.1) is 6.58 Å². The van der Waals surface area contributed by atoms with E-state index in [1.165, 1.54) is 11.1 Å². The van der Waals surface area contributed by atoms with Crippen LogP contribution in [0.1, 0.15) is 41.5 Å². The van der Waals surface area contributed by atoms with Crippen LogP contribution in [0.3, 0.4) is 0 Å². The van der Waals surface area contributed by atoms with Crippen LogP contribution in [0.4, 0.5) is 0 Å². The van der Waals surface area contributed by atoms with Gasteiger partial charge in [0, 0.05) is 11.6 Å². The first-order valence-corrected chi connectivity index (χ1v) is 5.01. The van der Waals surface area contributed by atoms with Gasteiger partial charge in [-0.3, -0.25) is 0 Å². The Morgan fingerprint density at radius 2 is 2.00 bits per heavy atom. The summed E-state index contributed by atoms with van der Waals surface area (Å²) in [4.78, 5) is 0. The third kappa shape index (κ3) is 2.07. The van der Waals surface area contributed by atoms with Crippen LogP contribution in [-0.2, 0) is 0 Å². The maximum absolute atomic E-state index is 6.09. The topological polar surface area (TPSA) is 39.2 Å². The normalized spacial score (nSPS) is 12.9. The number of rotatable bonds is 4. The average Bonchev–Trinajstić information content (AvgIpc) is 2.38. The summed E-state index contributed by atoms with van der Waals surface area (Å²) in [5, 5.41) is 0. The molecule has 1 heterocycles. The summed E-state index contributed by atoms with van der Waals surface area (Å²) in [5.74, 6) is 1.93. The zero-order valence-electron chi connectivity index (χ0n) is 9.26. The number of nitrogens with two attached hydrogens (primary N) is 1. The van der Waals surface area contributed by atoms with Gasteiger partial charge in [0.05, 0.1) is 0 Å². The Morgan fingerprint density at radius 1 is 1.36 bits per heavy atom. The first kappa shape index (κ1) is 11.1. The smallest absolute Gasteiger partial charge is 0.106 e. The van der Waals surface area contributed by atoms with E-state index in [1.54, 1.807) is 0 Å². The van der Waals surface area contributed by atoms with Crippen LogP contribution in [-0.4, -0.2) is 0 Å². The highest BCUT2D eigenvalue weighted by molar-refractivity contribution is 5.33. The van der Waals surface area contributed by atoms with Crippen molar-refractivity contribution in [3.8, 4) is 0 Å². The lowest BCUT2D eigenvalue weighted by molar-refractivity contribution is 0.494. The van der Waals surface area contributed by atoms with Gasteiger partial charge < -0.3 is 10.2 Å². The van der Waals surface area contributed by atoms with Gasteiger partial charge in [-0.1, -0.05) is 6.08 Å². The molecule has 2 N–H and O–H groups in total. The second-order valence-electron chi connectivity index (χ2n) is 3.73. The van der Waals surface area contributed by atoms with Gasteiger partial charge in [0.2, 0.25) is 0 Å². The Hall–Kier alpha value is -1.02. The van der Waals surface area contributed by atoms with E-state index in [0.29, 0.717) is 0 Å². The van der Waals surface area contributed by atoms with Gasteiger partial charge in [-0.25, -0.2) is 0 Å². The molecule has 0 saturated heterocycles. The highest BCUT2D eigenvalue weighted by atomic mass is 16.3. The third-order valence-electron chi connectivity index (χ3n) is 2.67. The van der Waals surface area contributed by atoms with Gasteiger partial charge in [-0.2, -0.15) is 0 Å². The van der Waals surface area contributed by atoms with Crippen LogP contribution in [0.2, 0.25) is 0 Å². The summed E-state index contributed by atoms with van der Waals surface area (Å²) in [6, 6.07) is 0.0745. The molecule has 1 rings (SSSR count). The SMILES string of the molecule is C=CCCC(N)c1c(C)oc(C)c1C. The van der Waals surface area contributed by atoms with E-state index in [-0.39, 0.29) is 6.04 Å². The second kappa shape index (κ2) is 4.47. The van der Waals surface area contributed by atoms with Gasteiger partial charge >= 0.3 is 0 Å². The molecular weight excluding hydrogens is 174 g/mol. The minimum atomic E-state index is 0.0745. The van der Waals surface area contributed by atoms with Crippen molar-refractivity contribution in [3.05, 3.63) is 35.3 Å². The molecule has 1 aromatic heterocycles. The van der Waals surface area contributed by atoms with Crippen molar-refractivity contribution in [1.29, 1.82) is 0 Å². The first-order chi connectivity index (χ1) is 6.57. The number of allylic oxidation sites excluding steroid dienone is 1. The molecule has 78 valence electrons. The molecule has 0 radical (unpaired) electrons. The molecular formula is C12H19NO. The van der Waals surface area contributed by atoms with Crippen LogP contribution in [0.15, 0.2) is 17.1 Å². The van der Waals surface area contributed by atoms with Crippen LogP contribution in [0.25, 0.3) is 0 Å². The van der Waals surface area contributed by atoms with Crippen molar-refractivity contribution in [2.24, 2.45) is 5.73 Å². The maximum Gasteiger partial charge on any atom is 0.106 e. The molecule has 1 atom stereocenters. The highest BCUT2D eigenvalue weighted by Crippen LogP contribution is 2.27. The highest BCUT2D eigenvalue weighted by Gasteiger charge is 2.16. The lowest BCUT2D eigenvalue weighted by Gasteiger charge is -2.10. The van der Waals surface area contributed by atoms with Crippen LogP contribution >= 0.6 is 0 Å². The molecule has 0 aliphatic rings. The van der Waals surface area contributed by atoms with Crippen molar-refractivity contribution in [3.63, 3.8) is 0 Å². The number of furan rings is 1. The Morgan fingerprint density at radius 3 is 2.43 bits per heavy atom. The van der Waals surface area contributed by atoms with Crippen molar-refractivity contribution in [1.82, 2.24) is 0 Å².